The zero-order valence-electron chi connectivity index (χ0n) is 12.3. The number of rotatable bonds is 6. The molecule has 122 valence electrons. The Labute approximate surface area is 126 Å². The molecule has 0 aliphatic carbocycles. The maximum Gasteiger partial charge on any atom is 0.416 e. The molecule has 1 rings (SSSR count). The third-order valence-corrected chi connectivity index (χ3v) is 2.86. The van der Waals surface area contributed by atoms with Gasteiger partial charge in [-0.1, -0.05) is 12.1 Å². The minimum Gasteiger partial charge on any atom is -0.465 e. The number of alkyl halides is 3. The number of halogens is 3. The predicted octanol–water partition coefficient (Wildman–Crippen LogP) is 2.99. The highest BCUT2D eigenvalue weighted by atomic mass is 19.4. The Bertz CT molecular complexity index is 491. The van der Waals surface area contributed by atoms with Crippen molar-refractivity contribution in [2.75, 3.05) is 13.2 Å². The molecule has 0 saturated carbocycles. The van der Waals surface area contributed by atoms with E-state index in [-0.39, 0.29) is 19.6 Å². The van der Waals surface area contributed by atoms with Crippen LogP contribution in [-0.4, -0.2) is 25.2 Å². The van der Waals surface area contributed by atoms with Crippen molar-refractivity contribution in [2.45, 2.75) is 26.4 Å². The van der Waals surface area contributed by atoms with Gasteiger partial charge in [0, 0.05) is 0 Å². The Morgan fingerprint density at radius 2 is 1.45 bits per heavy atom. The van der Waals surface area contributed by atoms with Crippen LogP contribution in [0.5, 0.6) is 0 Å². The van der Waals surface area contributed by atoms with Crippen molar-refractivity contribution in [3.8, 4) is 0 Å². The van der Waals surface area contributed by atoms with E-state index in [1.807, 2.05) is 0 Å². The minimum atomic E-state index is -4.43. The topological polar surface area (TPSA) is 52.6 Å². The van der Waals surface area contributed by atoms with Gasteiger partial charge in [0.25, 0.3) is 0 Å². The Balaban J connectivity index is 2.89. The van der Waals surface area contributed by atoms with Crippen molar-refractivity contribution < 1.29 is 32.2 Å². The summed E-state index contributed by atoms with van der Waals surface area (Å²) in [6, 6.07) is 4.27. The first-order valence-corrected chi connectivity index (χ1v) is 6.79. The highest BCUT2D eigenvalue weighted by molar-refractivity contribution is 5.95. The molecule has 1 aromatic rings. The van der Waals surface area contributed by atoms with Gasteiger partial charge in [-0.05, 0) is 38.0 Å². The molecule has 4 nitrogen and oxygen atoms in total. The van der Waals surface area contributed by atoms with Gasteiger partial charge in [0.1, 0.15) is 0 Å². The minimum absolute atomic E-state index is 0.0736. The van der Waals surface area contributed by atoms with Crippen LogP contribution >= 0.6 is 0 Å². The third kappa shape index (κ3) is 5.05. The Hall–Kier alpha value is -2.05. The summed E-state index contributed by atoms with van der Waals surface area (Å²) >= 11 is 0. The fourth-order valence-corrected chi connectivity index (χ4v) is 1.81. The van der Waals surface area contributed by atoms with E-state index in [1.54, 1.807) is 13.8 Å². The van der Waals surface area contributed by atoms with Gasteiger partial charge in [-0.2, -0.15) is 13.2 Å². The summed E-state index contributed by atoms with van der Waals surface area (Å²) in [5.74, 6) is -2.68. The largest absolute Gasteiger partial charge is 0.465 e. The number of benzene rings is 1. The molecular weight excluding hydrogens is 301 g/mol. The zero-order chi connectivity index (χ0) is 16.8. The van der Waals surface area contributed by atoms with Crippen LogP contribution in [0.15, 0.2) is 24.3 Å². The second-order valence-electron chi connectivity index (χ2n) is 4.46. The first-order valence-electron chi connectivity index (χ1n) is 6.79. The summed E-state index contributed by atoms with van der Waals surface area (Å²) in [7, 11) is 0. The summed E-state index contributed by atoms with van der Waals surface area (Å²) in [4.78, 5) is 23.6. The Morgan fingerprint density at radius 1 is 1.00 bits per heavy atom. The molecule has 22 heavy (non-hydrogen) atoms. The molecule has 0 heterocycles. The van der Waals surface area contributed by atoms with Crippen molar-refractivity contribution in [1.29, 1.82) is 0 Å². The van der Waals surface area contributed by atoms with E-state index < -0.39 is 29.6 Å². The van der Waals surface area contributed by atoms with Gasteiger partial charge >= 0.3 is 18.1 Å². The zero-order valence-corrected chi connectivity index (χ0v) is 12.3. The third-order valence-electron chi connectivity index (χ3n) is 2.86. The van der Waals surface area contributed by atoms with E-state index in [0.29, 0.717) is 5.56 Å². The van der Waals surface area contributed by atoms with E-state index in [2.05, 4.69) is 0 Å². The van der Waals surface area contributed by atoms with Gasteiger partial charge in [0.15, 0.2) is 5.92 Å². The maximum absolute atomic E-state index is 12.5. The normalized spacial score (nSPS) is 11.4. The average Bonchev–Trinajstić information content (AvgIpc) is 2.44. The van der Waals surface area contributed by atoms with Crippen molar-refractivity contribution >= 4 is 11.9 Å². The van der Waals surface area contributed by atoms with Crippen LogP contribution in [0.2, 0.25) is 0 Å². The molecule has 7 heteroatoms. The van der Waals surface area contributed by atoms with Gasteiger partial charge in [-0.15, -0.1) is 0 Å². The molecule has 0 bridgehead atoms. The molecule has 0 spiro atoms. The predicted molar refractivity (Wildman–Crippen MR) is 71.9 cm³/mol. The molecule has 0 atom stereocenters. The molecule has 0 amide bonds. The summed E-state index contributed by atoms with van der Waals surface area (Å²) < 4.78 is 47.1. The lowest BCUT2D eigenvalue weighted by molar-refractivity contribution is -0.161. The molecule has 0 saturated heterocycles. The Kier molecular flexibility index (Phi) is 6.39. The smallest absolute Gasteiger partial charge is 0.416 e. The molecule has 0 unspecified atom stereocenters. The lowest BCUT2D eigenvalue weighted by Gasteiger charge is -2.15. The number of hydrogen-bond donors (Lipinski definition) is 0. The van der Waals surface area contributed by atoms with Crippen LogP contribution in [0.25, 0.3) is 0 Å². The van der Waals surface area contributed by atoms with Gasteiger partial charge in [-0.25, -0.2) is 0 Å². The monoisotopic (exact) mass is 318 g/mol. The van der Waals surface area contributed by atoms with Gasteiger partial charge in [0.05, 0.1) is 18.8 Å². The second kappa shape index (κ2) is 7.82. The van der Waals surface area contributed by atoms with Crippen LogP contribution in [0.1, 0.15) is 25.0 Å². The van der Waals surface area contributed by atoms with Gasteiger partial charge < -0.3 is 9.47 Å². The van der Waals surface area contributed by atoms with Crippen molar-refractivity contribution in [1.82, 2.24) is 0 Å². The molecule has 0 N–H and O–H groups in total. The lowest BCUT2D eigenvalue weighted by Crippen LogP contribution is -2.30. The lowest BCUT2D eigenvalue weighted by atomic mass is 9.98. The van der Waals surface area contributed by atoms with Crippen LogP contribution in [0.4, 0.5) is 13.2 Å². The van der Waals surface area contributed by atoms with Crippen molar-refractivity contribution in [3.05, 3.63) is 35.4 Å². The van der Waals surface area contributed by atoms with Gasteiger partial charge in [0.2, 0.25) is 0 Å². The average molecular weight is 318 g/mol. The molecule has 0 fully saturated rings. The summed E-state index contributed by atoms with van der Waals surface area (Å²) in [6.45, 7) is 3.39. The van der Waals surface area contributed by atoms with Crippen LogP contribution in [0.3, 0.4) is 0 Å². The Morgan fingerprint density at radius 3 is 1.82 bits per heavy atom. The molecule has 0 aliphatic heterocycles. The van der Waals surface area contributed by atoms with E-state index >= 15 is 0 Å². The highest BCUT2D eigenvalue weighted by Crippen LogP contribution is 2.29. The van der Waals surface area contributed by atoms with Crippen molar-refractivity contribution in [2.24, 2.45) is 5.92 Å². The van der Waals surface area contributed by atoms with E-state index in [0.717, 1.165) is 12.1 Å². The first kappa shape index (κ1) is 18.0. The first-order chi connectivity index (χ1) is 10.3. The maximum atomic E-state index is 12.5. The quantitative estimate of drug-likeness (QED) is 0.598. The summed E-state index contributed by atoms with van der Waals surface area (Å²) in [6.07, 6.45) is -4.50. The fourth-order valence-electron chi connectivity index (χ4n) is 1.81. The van der Waals surface area contributed by atoms with E-state index in [1.165, 1.54) is 12.1 Å². The molecule has 1 aromatic carbocycles. The molecule has 0 aromatic heterocycles. The SMILES string of the molecule is CCOC(=O)C(Cc1ccc(C(F)(F)F)cc1)C(=O)OCC. The number of esters is 2. The molecule has 0 aliphatic rings. The number of ether oxygens (including phenoxy) is 2. The second-order valence-corrected chi connectivity index (χ2v) is 4.46. The van der Waals surface area contributed by atoms with Crippen LogP contribution < -0.4 is 0 Å². The number of carbonyl (C=O) groups is 2. The van der Waals surface area contributed by atoms with E-state index in [4.69, 9.17) is 9.47 Å². The van der Waals surface area contributed by atoms with Crippen molar-refractivity contribution in [3.63, 3.8) is 0 Å². The molecular formula is C15H17F3O4. The highest BCUT2D eigenvalue weighted by Gasteiger charge is 2.32. The van der Waals surface area contributed by atoms with Crippen LogP contribution in [-0.2, 0) is 31.7 Å². The number of carbonyl (C=O) groups excluding carboxylic acids is 2. The van der Waals surface area contributed by atoms with E-state index in [9.17, 15) is 22.8 Å². The van der Waals surface area contributed by atoms with Crippen LogP contribution in [0, 0.1) is 5.92 Å². The summed E-state index contributed by atoms with van der Waals surface area (Å²) in [5, 5.41) is 0. The summed E-state index contributed by atoms with van der Waals surface area (Å²) in [5.41, 5.74) is -0.376. The molecule has 0 radical (unpaired) electrons. The van der Waals surface area contributed by atoms with Gasteiger partial charge in [-0.3, -0.25) is 9.59 Å². The standard InChI is InChI=1S/C15H17F3O4/c1-3-21-13(19)12(14(20)22-4-2)9-10-5-7-11(8-6-10)15(16,17)18/h5-8,12H,3-4,9H2,1-2H3. The number of hydrogen-bond acceptors (Lipinski definition) is 4. The fraction of sp³-hybridized carbons (Fsp3) is 0.467.